The molecule has 0 saturated carbocycles. The Morgan fingerprint density at radius 1 is 1.33 bits per heavy atom. The molecule has 92 valence electrons. The minimum atomic E-state index is 0.445. The Balaban J connectivity index is 2.07. The van der Waals surface area contributed by atoms with Crippen LogP contribution in [0.25, 0.3) is 10.6 Å². The van der Waals surface area contributed by atoms with E-state index in [4.69, 9.17) is 9.47 Å². The third-order valence-corrected chi connectivity index (χ3v) is 3.99. The molecule has 2 heterocycles. The Morgan fingerprint density at radius 3 is 2.94 bits per heavy atom. The molecule has 3 rings (SSSR count). The van der Waals surface area contributed by atoms with Gasteiger partial charge in [-0.05, 0) is 28.1 Å². The second-order valence-corrected chi connectivity index (χ2v) is 5.39. The Morgan fingerprint density at radius 2 is 2.17 bits per heavy atom. The quantitative estimate of drug-likeness (QED) is 0.796. The predicted octanol–water partition coefficient (Wildman–Crippen LogP) is 3.16. The number of aromatic nitrogens is 1. The Hall–Kier alpha value is -1.40. The van der Waals surface area contributed by atoms with Crippen LogP contribution < -0.4 is 9.47 Å². The summed E-state index contributed by atoms with van der Waals surface area (Å²) in [4.78, 5) is 14.9. The van der Waals surface area contributed by atoms with Gasteiger partial charge >= 0.3 is 0 Å². The lowest BCUT2D eigenvalue weighted by molar-refractivity contribution is 0.111. The lowest BCUT2D eigenvalue weighted by Gasteiger charge is -2.20. The van der Waals surface area contributed by atoms with Gasteiger partial charge in [0, 0.05) is 10.9 Å². The van der Waals surface area contributed by atoms with Crippen LogP contribution in [0.1, 0.15) is 10.5 Å². The smallest absolute Gasteiger partial charge is 0.175 e. The average Bonchev–Trinajstić information content (AvgIpc) is 2.87. The number of hydrogen-bond donors (Lipinski definition) is 0. The van der Waals surface area contributed by atoms with Crippen LogP contribution in [0.2, 0.25) is 0 Å². The molecule has 4 nitrogen and oxygen atoms in total. The summed E-state index contributed by atoms with van der Waals surface area (Å²) in [5.74, 6) is 1.42. The molecule has 0 radical (unpaired) electrons. The molecular weight excluding hydrogens is 318 g/mol. The summed E-state index contributed by atoms with van der Waals surface area (Å²) in [6, 6.07) is 3.80. The Bertz CT molecular complexity index is 611. The molecule has 0 aliphatic carbocycles. The molecular formula is C12H8BrNO3S. The van der Waals surface area contributed by atoms with Crippen molar-refractivity contribution in [1.29, 1.82) is 0 Å². The molecule has 1 aromatic heterocycles. The first-order valence-corrected chi connectivity index (χ1v) is 6.95. The van der Waals surface area contributed by atoms with Crippen LogP contribution in [-0.2, 0) is 0 Å². The molecule has 18 heavy (non-hydrogen) atoms. The van der Waals surface area contributed by atoms with Crippen molar-refractivity contribution in [2.45, 2.75) is 0 Å². The second kappa shape index (κ2) is 4.70. The number of halogens is 1. The van der Waals surface area contributed by atoms with Crippen molar-refractivity contribution < 1.29 is 14.3 Å². The minimum Gasteiger partial charge on any atom is -0.486 e. The van der Waals surface area contributed by atoms with Crippen molar-refractivity contribution in [3.8, 4) is 22.1 Å². The van der Waals surface area contributed by atoms with Crippen LogP contribution in [0.4, 0.5) is 0 Å². The molecule has 0 saturated heterocycles. The third-order valence-electron chi connectivity index (χ3n) is 2.49. The first-order chi connectivity index (χ1) is 8.78. The van der Waals surface area contributed by atoms with Crippen molar-refractivity contribution >= 4 is 33.6 Å². The van der Waals surface area contributed by atoms with E-state index in [9.17, 15) is 4.79 Å². The van der Waals surface area contributed by atoms with Crippen LogP contribution in [0.15, 0.2) is 22.0 Å². The number of aldehydes is 1. The fourth-order valence-corrected chi connectivity index (χ4v) is 3.02. The largest absolute Gasteiger partial charge is 0.486 e. The summed E-state index contributed by atoms with van der Waals surface area (Å²) in [5, 5.41) is 2.52. The highest BCUT2D eigenvalue weighted by molar-refractivity contribution is 9.10. The summed E-state index contributed by atoms with van der Waals surface area (Å²) in [7, 11) is 0. The number of hydrogen-bond acceptors (Lipinski definition) is 5. The molecule has 1 aliphatic heterocycles. The number of fused-ring (bicyclic) bond motifs is 1. The zero-order valence-electron chi connectivity index (χ0n) is 9.18. The van der Waals surface area contributed by atoms with Crippen LogP contribution in [0.5, 0.6) is 11.5 Å². The van der Waals surface area contributed by atoms with Gasteiger partial charge in [-0.1, -0.05) is 0 Å². The maximum absolute atomic E-state index is 10.6. The molecule has 1 aliphatic rings. The van der Waals surface area contributed by atoms with Crippen molar-refractivity contribution in [2.24, 2.45) is 0 Å². The van der Waals surface area contributed by atoms with Gasteiger partial charge in [0.1, 0.15) is 23.9 Å². The molecule has 0 spiro atoms. The minimum absolute atomic E-state index is 0.445. The highest BCUT2D eigenvalue weighted by atomic mass is 79.9. The standard InChI is InChI=1S/C12H8BrNO3S/c13-9-3-7(12-14-8(5-15)6-18-12)4-10-11(9)17-2-1-16-10/h3-6H,1-2H2. The lowest BCUT2D eigenvalue weighted by atomic mass is 10.2. The Labute approximate surface area is 116 Å². The van der Waals surface area contributed by atoms with Crippen molar-refractivity contribution in [3.05, 3.63) is 27.7 Å². The second-order valence-electron chi connectivity index (χ2n) is 3.68. The molecule has 0 bridgehead atoms. The number of nitrogens with zero attached hydrogens (tertiary/aromatic N) is 1. The molecule has 0 N–H and O–H groups in total. The van der Waals surface area contributed by atoms with E-state index in [1.54, 1.807) is 5.38 Å². The van der Waals surface area contributed by atoms with Gasteiger partial charge in [0.15, 0.2) is 17.8 Å². The summed E-state index contributed by atoms with van der Waals surface area (Å²) in [5.41, 5.74) is 1.35. The zero-order valence-corrected chi connectivity index (χ0v) is 11.6. The number of rotatable bonds is 2. The van der Waals surface area contributed by atoms with E-state index in [1.165, 1.54) is 11.3 Å². The monoisotopic (exact) mass is 325 g/mol. The molecule has 0 unspecified atom stereocenters. The van der Waals surface area contributed by atoms with Gasteiger partial charge in [-0.3, -0.25) is 4.79 Å². The molecule has 0 fully saturated rings. The first kappa shape index (κ1) is 11.7. The fourth-order valence-electron chi connectivity index (χ4n) is 1.71. The fraction of sp³-hybridized carbons (Fsp3) is 0.167. The van der Waals surface area contributed by atoms with Gasteiger partial charge in [-0.2, -0.15) is 0 Å². The SMILES string of the molecule is O=Cc1csc(-c2cc(Br)c3c(c2)OCCO3)n1. The maximum Gasteiger partial charge on any atom is 0.175 e. The predicted molar refractivity (Wildman–Crippen MR) is 71.6 cm³/mol. The average molecular weight is 326 g/mol. The summed E-state index contributed by atoms with van der Waals surface area (Å²) in [6.07, 6.45) is 0.743. The maximum atomic E-state index is 10.6. The van der Waals surface area contributed by atoms with E-state index < -0.39 is 0 Å². The van der Waals surface area contributed by atoms with Crippen molar-refractivity contribution in [1.82, 2.24) is 4.98 Å². The molecule has 1 aromatic carbocycles. The number of benzene rings is 1. The van der Waals surface area contributed by atoms with Crippen LogP contribution in [0.3, 0.4) is 0 Å². The summed E-state index contributed by atoms with van der Waals surface area (Å²) in [6.45, 7) is 1.10. The van der Waals surface area contributed by atoms with Crippen LogP contribution in [0, 0.1) is 0 Å². The van der Waals surface area contributed by atoms with E-state index in [1.807, 2.05) is 12.1 Å². The van der Waals surface area contributed by atoms with E-state index in [-0.39, 0.29) is 0 Å². The van der Waals surface area contributed by atoms with E-state index in [2.05, 4.69) is 20.9 Å². The van der Waals surface area contributed by atoms with Crippen LogP contribution in [-0.4, -0.2) is 24.5 Å². The highest BCUT2D eigenvalue weighted by Gasteiger charge is 2.18. The van der Waals surface area contributed by atoms with Gasteiger partial charge in [0.2, 0.25) is 0 Å². The van der Waals surface area contributed by atoms with Gasteiger partial charge < -0.3 is 9.47 Å². The summed E-state index contributed by atoms with van der Waals surface area (Å²) < 4.78 is 11.9. The highest BCUT2D eigenvalue weighted by Crippen LogP contribution is 2.41. The number of thiazole rings is 1. The molecule has 0 atom stereocenters. The molecule has 2 aromatic rings. The molecule has 0 amide bonds. The van der Waals surface area contributed by atoms with Crippen LogP contribution >= 0.6 is 27.3 Å². The Kier molecular flexibility index (Phi) is 3.05. The van der Waals surface area contributed by atoms with Crippen molar-refractivity contribution in [3.63, 3.8) is 0 Å². The van der Waals surface area contributed by atoms with Gasteiger partial charge in [-0.25, -0.2) is 4.98 Å². The molecule has 6 heteroatoms. The summed E-state index contributed by atoms with van der Waals surface area (Å²) >= 11 is 4.88. The normalized spacial score (nSPS) is 13.4. The van der Waals surface area contributed by atoms with E-state index >= 15 is 0 Å². The zero-order chi connectivity index (χ0) is 12.5. The first-order valence-electron chi connectivity index (χ1n) is 5.28. The number of carbonyl (C=O) groups is 1. The van der Waals surface area contributed by atoms with E-state index in [0.29, 0.717) is 24.7 Å². The topological polar surface area (TPSA) is 48.4 Å². The van der Waals surface area contributed by atoms with Gasteiger partial charge in [0.25, 0.3) is 0 Å². The number of ether oxygens (including phenoxy) is 2. The van der Waals surface area contributed by atoms with Gasteiger partial charge in [-0.15, -0.1) is 11.3 Å². The third kappa shape index (κ3) is 2.02. The number of carbonyl (C=O) groups excluding carboxylic acids is 1. The lowest BCUT2D eigenvalue weighted by Crippen LogP contribution is -2.15. The van der Waals surface area contributed by atoms with Crippen molar-refractivity contribution in [2.75, 3.05) is 13.2 Å². The van der Waals surface area contributed by atoms with Gasteiger partial charge in [0.05, 0.1) is 4.47 Å². The van der Waals surface area contributed by atoms with E-state index in [0.717, 1.165) is 27.1 Å².